The van der Waals surface area contributed by atoms with E-state index in [1.807, 2.05) is 66.7 Å². The van der Waals surface area contributed by atoms with Gasteiger partial charge >= 0.3 is 0 Å². The van der Waals surface area contributed by atoms with Crippen LogP contribution in [0.1, 0.15) is 11.3 Å². The van der Waals surface area contributed by atoms with E-state index in [4.69, 9.17) is 0 Å². The van der Waals surface area contributed by atoms with Crippen molar-refractivity contribution in [3.8, 4) is 11.3 Å². The van der Waals surface area contributed by atoms with Crippen molar-refractivity contribution in [2.75, 3.05) is 5.32 Å². The SMILES string of the molecule is Cc1ccc(-c2nnc(Nc3ccccc3)c3ccccc23)cc1S(=O)(=O)NCc1ccccn1. The number of anilines is 2. The highest BCUT2D eigenvalue weighted by Crippen LogP contribution is 2.32. The molecule has 5 aromatic rings. The van der Waals surface area contributed by atoms with Crippen molar-refractivity contribution in [3.05, 3.63) is 108 Å². The van der Waals surface area contributed by atoms with E-state index in [9.17, 15) is 8.42 Å². The molecular weight excluding hydrogens is 458 g/mol. The lowest BCUT2D eigenvalue weighted by molar-refractivity contribution is 0.580. The van der Waals surface area contributed by atoms with Crippen LogP contribution in [0.3, 0.4) is 0 Å². The smallest absolute Gasteiger partial charge is 0.241 e. The van der Waals surface area contributed by atoms with Gasteiger partial charge in [-0.15, -0.1) is 10.2 Å². The average Bonchev–Trinajstić information content (AvgIpc) is 2.89. The third-order valence-electron chi connectivity index (χ3n) is 5.64. The number of para-hydroxylation sites is 1. The number of benzene rings is 3. The summed E-state index contributed by atoms with van der Waals surface area (Å²) in [7, 11) is -3.77. The first-order chi connectivity index (χ1) is 17.0. The summed E-state index contributed by atoms with van der Waals surface area (Å²) in [5, 5.41) is 14.0. The Morgan fingerprint density at radius 1 is 0.800 bits per heavy atom. The standard InChI is InChI=1S/C27H23N5O2S/c1-19-14-15-20(17-25(19)35(33,34)29-18-22-11-7-8-16-28-22)26-23-12-5-6-13-24(23)27(32-31-26)30-21-9-3-2-4-10-21/h2-17,29H,18H2,1H3,(H,30,32). The molecule has 0 spiro atoms. The maximum atomic E-state index is 13.1. The minimum Gasteiger partial charge on any atom is -0.338 e. The number of aryl methyl sites for hydroxylation is 1. The fraction of sp³-hybridized carbons (Fsp3) is 0.0741. The first-order valence-corrected chi connectivity index (χ1v) is 12.6. The van der Waals surface area contributed by atoms with E-state index < -0.39 is 10.0 Å². The lowest BCUT2D eigenvalue weighted by Gasteiger charge is -2.13. The molecule has 0 bridgehead atoms. The molecule has 8 heteroatoms. The van der Waals surface area contributed by atoms with Crippen molar-refractivity contribution >= 4 is 32.3 Å². The van der Waals surface area contributed by atoms with E-state index in [-0.39, 0.29) is 11.4 Å². The number of hydrogen-bond donors (Lipinski definition) is 2. The van der Waals surface area contributed by atoms with Gasteiger partial charge in [0.25, 0.3) is 0 Å². The topological polar surface area (TPSA) is 96.9 Å². The Bertz CT molecular complexity index is 1590. The maximum absolute atomic E-state index is 13.1. The van der Waals surface area contributed by atoms with Crippen LogP contribution in [0.15, 0.2) is 102 Å². The molecule has 2 heterocycles. The molecular formula is C27H23N5O2S. The summed E-state index contributed by atoms with van der Waals surface area (Å²) in [5.74, 6) is 0.632. The highest BCUT2D eigenvalue weighted by Gasteiger charge is 2.19. The molecule has 174 valence electrons. The molecule has 5 rings (SSSR count). The van der Waals surface area contributed by atoms with Crippen molar-refractivity contribution in [2.24, 2.45) is 0 Å². The number of aromatic nitrogens is 3. The molecule has 0 atom stereocenters. The molecule has 0 saturated carbocycles. The number of nitrogens with zero attached hydrogens (tertiary/aromatic N) is 3. The largest absolute Gasteiger partial charge is 0.338 e. The van der Waals surface area contributed by atoms with E-state index in [0.29, 0.717) is 28.3 Å². The highest BCUT2D eigenvalue weighted by atomic mass is 32.2. The highest BCUT2D eigenvalue weighted by molar-refractivity contribution is 7.89. The fourth-order valence-electron chi connectivity index (χ4n) is 3.85. The zero-order chi connectivity index (χ0) is 24.3. The molecule has 2 aromatic heterocycles. The number of nitrogens with one attached hydrogen (secondary N) is 2. The summed E-state index contributed by atoms with van der Waals surface area (Å²) in [5.41, 5.74) is 3.47. The summed E-state index contributed by atoms with van der Waals surface area (Å²) in [6.45, 7) is 1.88. The zero-order valence-electron chi connectivity index (χ0n) is 19.0. The van der Waals surface area contributed by atoms with Gasteiger partial charge in [0.05, 0.1) is 17.1 Å². The van der Waals surface area contributed by atoms with Gasteiger partial charge < -0.3 is 5.32 Å². The quantitative estimate of drug-likeness (QED) is 0.331. The summed E-state index contributed by atoms with van der Waals surface area (Å²) < 4.78 is 28.9. The van der Waals surface area contributed by atoms with Gasteiger partial charge in [-0.2, -0.15) is 0 Å². The van der Waals surface area contributed by atoms with Gasteiger partial charge in [-0.1, -0.05) is 60.7 Å². The predicted molar refractivity (Wildman–Crippen MR) is 138 cm³/mol. The molecule has 35 heavy (non-hydrogen) atoms. The van der Waals surface area contributed by atoms with Crippen LogP contribution >= 0.6 is 0 Å². The molecule has 2 N–H and O–H groups in total. The molecule has 0 aliphatic rings. The number of sulfonamides is 1. The van der Waals surface area contributed by atoms with Gasteiger partial charge in [-0.05, 0) is 42.8 Å². The van der Waals surface area contributed by atoms with Crippen molar-refractivity contribution < 1.29 is 8.42 Å². The number of rotatable bonds is 7. The lowest BCUT2D eigenvalue weighted by Crippen LogP contribution is -2.24. The second-order valence-corrected chi connectivity index (χ2v) is 9.80. The fourth-order valence-corrected chi connectivity index (χ4v) is 5.12. The third kappa shape index (κ3) is 4.89. The Balaban J connectivity index is 1.52. The molecule has 3 aromatic carbocycles. The van der Waals surface area contributed by atoms with Crippen molar-refractivity contribution in [2.45, 2.75) is 18.4 Å². The molecule has 7 nitrogen and oxygen atoms in total. The van der Waals surface area contributed by atoms with Crippen molar-refractivity contribution in [3.63, 3.8) is 0 Å². The van der Waals surface area contributed by atoms with Gasteiger partial charge in [0.15, 0.2) is 5.82 Å². The summed E-state index contributed by atoms with van der Waals surface area (Å²) in [6.07, 6.45) is 1.63. The molecule has 0 aliphatic carbocycles. The predicted octanol–water partition coefficient (Wildman–Crippen LogP) is 5.22. The molecule has 0 saturated heterocycles. The lowest BCUT2D eigenvalue weighted by atomic mass is 10.0. The number of fused-ring (bicyclic) bond motifs is 1. The van der Waals surface area contributed by atoms with Gasteiger partial charge in [-0.25, -0.2) is 13.1 Å². The van der Waals surface area contributed by atoms with Crippen LogP contribution in [0, 0.1) is 6.92 Å². The van der Waals surface area contributed by atoms with Crippen LogP contribution in [0.4, 0.5) is 11.5 Å². The van der Waals surface area contributed by atoms with E-state index in [1.54, 1.807) is 37.4 Å². The third-order valence-corrected chi connectivity index (χ3v) is 7.19. The molecule has 0 radical (unpaired) electrons. The minimum absolute atomic E-state index is 0.107. The Hall–Kier alpha value is -4.14. The maximum Gasteiger partial charge on any atom is 0.241 e. The van der Waals surface area contributed by atoms with E-state index in [0.717, 1.165) is 16.5 Å². The number of pyridine rings is 1. The first kappa shape index (κ1) is 22.6. The van der Waals surface area contributed by atoms with Gasteiger partial charge in [0, 0.05) is 28.2 Å². The van der Waals surface area contributed by atoms with E-state index >= 15 is 0 Å². The van der Waals surface area contributed by atoms with Gasteiger partial charge in [-0.3, -0.25) is 4.98 Å². The summed E-state index contributed by atoms with van der Waals surface area (Å²) >= 11 is 0. The normalized spacial score (nSPS) is 11.5. The first-order valence-electron chi connectivity index (χ1n) is 11.1. The summed E-state index contributed by atoms with van der Waals surface area (Å²) in [4.78, 5) is 4.38. The Labute approximate surface area is 204 Å². The van der Waals surface area contributed by atoms with Crippen LogP contribution in [0.2, 0.25) is 0 Å². The molecule has 0 aliphatic heterocycles. The van der Waals surface area contributed by atoms with E-state index in [2.05, 4.69) is 25.2 Å². The van der Waals surface area contributed by atoms with E-state index in [1.165, 1.54) is 0 Å². The molecule has 0 amide bonds. The van der Waals surface area contributed by atoms with Gasteiger partial charge in [0.2, 0.25) is 10.0 Å². The Morgan fingerprint density at radius 2 is 1.54 bits per heavy atom. The minimum atomic E-state index is -3.77. The monoisotopic (exact) mass is 481 g/mol. The van der Waals surface area contributed by atoms with Crippen LogP contribution < -0.4 is 10.0 Å². The Morgan fingerprint density at radius 3 is 2.31 bits per heavy atom. The molecule has 0 unspecified atom stereocenters. The van der Waals surface area contributed by atoms with Crippen molar-refractivity contribution in [1.29, 1.82) is 0 Å². The Kier molecular flexibility index (Phi) is 6.22. The van der Waals surface area contributed by atoms with Crippen LogP contribution in [-0.4, -0.2) is 23.6 Å². The average molecular weight is 482 g/mol. The van der Waals surface area contributed by atoms with Crippen molar-refractivity contribution in [1.82, 2.24) is 19.9 Å². The summed E-state index contributed by atoms with van der Waals surface area (Å²) in [6, 6.07) is 28.3. The molecule has 0 fully saturated rings. The van der Waals surface area contributed by atoms with Crippen LogP contribution in [0.5, 0.6) is 0 Å². The second kappa shape index (κ2) is 9.61. The van der Waals surface area contributed by atoms with Gasteiger partial charge in [0.1, 0.15) is 5.69 Å². The van der Waals surface area contributed by atoms with Crippen LogP contribution in [-0.2, 0) is 16.6 Å². The zero-order valence-corrected chi connectivity index (χ0v) is 19.8. The second-order valence-electron chi connectivity index (χ2n) is 8.06. The number of hydrogen-bond acceptors (Lipinski definition) is 6. The van der Waals surface area contributed by atoms with Crippen LogP contribution in [0.25, 0.3) is 22.0 Å².